The number of amides is 1. The third-order valence-electron chi connectivity index (χ3n) is 4.52. The van der Waals surface area contributed by atoms with Crippen molar-refractivity contribution in [2.45, 2.75) is 13.5 Å². The molecule has 1 amide bonds. The smallest absolute Gasteiger partial charge is 0.256 e. The van der Waals surface area contributed by atoms with Gasteiger partial charge in [-0.05, 0) is 30.2 Å². The average Bonchev–Trinajstić information content (AvgIpc) is 2.65. The van der Waals surface area contributed by atoms with Gasteiger partial charge in [-0.25, -0.2) is 0 Å². The Morgan fingerprint density at radius 1 is 1.17 bits per heavy atom. The van der Waals surface area contributed by atoms with Crippen LogP contribution in [0.2, 0.25) is 0 Å². The van der Waals surface area contributed by atoms with Gasteiger partial charge in [0.1, 0.15) is 0 Å². The Bertz CT molecular complexity index is 651. The summed E-state index contributed by atoms with van der Waals surface area (Å²) in [6, 6.07) is 3.88. The van der Waals surface area contributed by atoms with Crippen LogP contribution in [0, 0.1) is 0 Å². The minimum absolute atomic E-state index is 0.0462. The fourth-order valence-electron chi connectivity index (χ4n) is 3.13. The third kappa shape index (κ3) is 3.06. The van der Waals surface area contributed by atoms with Crippen molar-refractivity contribution in [3.63, 3.8) is 0 Å². The van der Waals surface area contributed by atoms with Crippen LogP contribution in [0.25, 0.3) is 5.57 Å². The molecule has 1 fully saturated rings. The van der Waals surface area contributed by atoms with Gasteiger partial charge >= 0.3 is 0 Å². The van der Waals surface area contributed by atoms with Crippen LogP contribution in [-0.4, -0.2) is 62.8 Å². The molecule has 130 valence electrons. The van der Waals surface area contributed by atoms with E-state index in [1.165, 1.54) is 0 Å². The van der Waals surface area contributed by atoms with Crippen molar-refractivity contribution in [1.29, 1.82) is 0 Å². The van der Waals surface area contributed by atoms with Gasteiger partial charge in [-0.15, -0.1) is 0 Å². The van der Waals surface area contributed by atoms with E-state index in [1.54, 1.807) is 14.2 Å². The molecule has 2 aliphatic rings. The van der Waals surface area contributed by atoms with Crippen molar-refractivity contribution in [3.8, 4) is 11.5 Å². The van der Waals surface area contributed by atoms with E-state index >= 15 is 0 Å². The summed E-state index contributed by atoms with van der Waals surface area (Å²) in [6.07, 6.45) is 1.96. The van der Waals surface area contributed by atoms with E-state index < -0.39 is 0 Å². The molecular formula is C18H24N2O4. The summed E-state index contributed by atoms with van der Waals surface area (Å²) in [5.41, 5.74) is 2.71. The van der Waals surface area contributed by atoms with Gasteiger partial charge in [0.15, 0.2) is 11.5 Å². The zero-order chi connectivity index (χ0) is 17.1. The highest BCUT2D eigenvalue weighted by Gasteiger charge is 2.28. The summed E-state index contributed by atoms with van der Waals surface area (Å²) in [5.74, 6) is 1.37. The SMILES string of the molecule is CCN1C=C(C(=O)N2CCOCC2)c2cc(OC)c(OC)cc2C1. The van der Waals surface area contributed by atoms with Crippen molar-refractivity contribution < 1.29 is 19.0 Å². The van der Waals surface area contributed by atoms with Gasteiger partial charge in [-0.1, -0.05) is 0 Å². The summed E-state index contributed by atoms with van der Waals surface area (Å²) >= 11 is 0. The van der Waals surface area contributed by atoms with E-state index in [1.807, 2.05) is 23.2 Å². The van der Waals surface area contributed by atoms with E-state index in [9.17, 15) is 4.79 Å². The Hall–Kier alpha value is -2.21. The molecule has 0 atom stereocenters. The normalized spacial score (nSPS) is 17.2. The van der Waals surface area contributed by atoms with E-state index in [2.05, 4.69) is 11.8 Å². The maximum atomic E-state index is 13.0. The van der Waals surface area contributed by atoms with Crippen molar-refractivity contribution in [2.75, 3.05) is 47.1 Å². The lowest BCUT2D eigenvalue weighted by atomic mass is 9.94. The fourth-order valence-corrected chi connectivity index (χ4v) is 3.13. The van der Waals surface area contributed by atoms with Crippen molar-refractivity contribution in [1.82, 2.24) is 9.80 Å². The Balaban J connectivity index is 2.01. The lowest BCUT2D eigenvalue weighted by Gasteiger charge is -2.32. The second kappa shape index (κ2) is 7.13. The topological polar surface area (TPSA) is 51.2 Å². The lowest BCUT2D eigenvalue weighted by Crippen LogP contribution is -2.42. The number of carbonyl (C=O) groups is 1. The fraction of sp³-hybridized carbons (Fsp3) is 0.500. The molecule has 0 bridgehead atoms. The first-order valence-corrected chi connectivity index (χ1v) is 8.26. The Morgan fingerprint density at radius 2 is 1.83 bits per heavy atom. The second-order valence-corrected chi connectivity index (χ2v) is 5.87. The predicted molar refractivity (Wildman–Crippen MR) is 91.0 cm³/mol. The summed E-state index contributed by atoms with van der Waals surface area (Å²) in [7, 11) is 3.24. The largest absolute Gasteiger partial charge is 0.493 e. The summed E-state index contributed by atoms with van der Waals surface area (Å²) in [6.45, 7) is 6.12. The zero-order valence-electron chi connectivity index (χ0n) is 14.5. The van der Waals surface area contributed by atoms with Gasteiger partial charge in [0.2, 0.25) is 0 Å². The van der Waals surface area contributed by atoms with Crippen LogP contribution >= 0.6 is 0 Å². The number of carbonyl (C=O) groups excluding carboxylic acids is 1. The molecule has 6 nitrogen and oxygen atoms in total. The van der Waals surface area contributed by atoms with Crippen LogP contribution in [-0.2, 0) is 16.1 Å². The molecule has 2 heterocycles. The average molecular weight is 332 g/mol. The first kappa shape index (κ1) is 16.6. The van der Waals surface area contributed by atoms with E-state index in [0.717, 1.165) is 24.2 Å². The predicted octanol–water partition coefficient (Wildman–Crippen LogP) is 1.74. The number of hydrogen-bond donors (Lipinski definition) is 0. The first-order valence-electron chi connectivity index (χ1n) is 8.26. The highest BCUT2D eigenvalue weighted by atomic mass is 16.5. The minimum atomic E-state index is 0.0462. The van der Waals surface area contributed by atoms with Gasteiger partial charge in [-0.2, -0.15) is 0 Å². The number of nitrogens with zero attached hydrogens (tertiary/aromatic N) is 2. The molecule has 1 saturated heterocycles. The maximum absolute atomic E-state index is 13.0. The van der Waals surface area contributed by atoms with Crippen molar-refractivity contribution >= 4 is 11.5 Å². The number of rotatable bonds is 4. The number of fused-ring (bicyclic) bond motifs is 1. The molecule has 0 radical (unpaired) electrons. The Labute approximate surface area is 142 Å². The van der Waals surface area contributed by atoms with E-state index in [4.69, 9.17) is 14.2 Å². The lowest BCUT2D eigenvalue weighted by molar-refractivity contribution is -0.129. The van der Waals surface area contributed by atoms with Crippen LogP contribution < -0.4 is 9.47 Å². The van der Waals surface area contributed by atoms with Crippen LogP contribution in [0.1, 0.15) is 18.1 Å². The second-order valence-electron chi connectivity index (χ2n) is 5.87. The summed E-state index contributed by atoms with van der Waals surface area (Å²) in [4.78, 5) is 17.0. The standard InChI is InChI=1S/C18H24N2O4/c1-4-19-11-13-9-16(22-2)17(23-3)10-14(13)15(12-19)18(21)20-5-7-24-8-6-20/h9-10,12H,4-8,11H2,1-3H3. The van der Waals surface area contributed by atoms with E-state index in [-0.39, 0.29) is 5.91 Å². The number of ether oxygens (including phenoxy) is 3. The monoisotopic (exact) mass is 332 g/mol. The summed E-state index contributed by atoms with van der Waals surface area (Å²) in [5, 5.41) is 0. The summed E-state index contributed by atoms with van der Waals surface area (Å²) < 4.78 is 16.2. The molecule has 0 aliphatic carbocycles. The molecule has 0 N–H and O–H groups in total. The minimum Gasteiger partial charge on any atom is -0.493 e. The number of hydrogen-bond acceptors (Lipinski definition) is 5. The number of methoxy groups -OCH3 is 2. The maximum Gasteiger partial charge on any atom is 0.256 e. The molecule has 0 unspecified atom stereocenters. The van der Waals surface area contributed by atoms with Gasteiger partial charge in [0.05, 0.1) is 33.0 Å². The molecule has 24 heavy (non-hydrogen) atoms. The van der Waals surface area contributed by atoms with Crippen LogP contribution in [0.5, 0.6) is 11.5 Å². The highest BCUT2D eigenvalue weighted by molar-refractivity contribution is 6.20. The quantitative estimate of drug-likeness (QED) is 0.841. The van der Waals surface area contributed by atoms with Crippen LogP contribution in [0.3, 0.4) is 0 Å². The third-order valence-corrected chi connectivity index (χ3v) is 4.52. The first-order chi connectivity index (χ1) is 11.7. The molecule has 0 saturated carbocycles. The molecule has 6 heteroatoms. The molecular weight excluding hydrogens is 308 g/mol. The molecule has 0 aromatic heterocycles. The van der Waals surface area contributed by atoms with Crippen molar-refractivity contribution in [2.24, 2.45) is 0 Å². The number of morpholine rings is 1. The van der Waals surface area contributed by atoms with Gasteiger partial charge in [0, 0.05) is 32.4 Å². The van der Waals surface area contributed by atoms with Gasteiger partial charge in [0.25, 0.3) is 5.91 Å². The Morgan fingerprint density at radius 3 is 2.46 bits per heavy atom. The van der Waals surface area contributed by atoms with E-state index in [0.29, 0.717) is 43.4 Å². The van der Waals surface area contributed by atoms with Crippen LogP contribution in [0.4, 0.5) is 0 Å². The van der Waals surface area contributed by atoms with Crippen LogP contribution in [0.15, 0.2) is 18.3 Å². The molecule has 2 aliphatic heterocycles. The highest BCUT2D eigenvalue weighted by Crippen LogP contribution is 2.37. The van der Waals surface area contributed by atoms with Crippen molar-refractivity contribution in [3.05, 3.63) is 29.5 Å². The Kier molecular flexibility index (Phi) is 4.94. The van der Waals surface area contributed by atoms with Gasteiger partial charge < -0.3 is 24.0 Å². The van der Waals surface area contributed by atoms with Gasteiger partial charge in [-0.3, -0.25) is 4.79 Å². The molecule has 0 spiro atoms. The molecule has 3 rings (SSSR count). The molecule has 1 aromatic rings. The zero-order valence-corrected chi connectivity index (χ0v) is 14.5. The molecule has 1 aromatic carbocycles. The number of benzene rings is 1.